The number of rotatable bonds is 22. The molecule has 2 aliphatic heterocycles. The summed E-state index contributed by atoms with van der Waals surface area (Å²) in [6.45, 7) is 4.53. The number of carbonyl (C=O) groups excluding carboxylic acids is 4. The van der Waals surface area contributed by atoms with Crippen molar-refractivity contribution in [1.29, 1.82) is 0 Å². The van der Waals surface area contributed by atoms with Crippen molar-refractivity contribution < 1.29 is 42.2 Å². The van der Waals surface area contributed by atoms with E-state index in [2.05, 4.69) is 20.4 Å². The molecule has 15 nitrogen and oxygen atoms in total. The summed E-state index contributed by atoms with van der Waals surface area (Å²) in [4.78, 5) is 57.9. The molecule has 0 aromatic heterocycles. The van der Waals surface area contributed by atoms with E-state index in [1.165, 1.54) is 72.8 Å². The highest BCUT2D eigenvalue weighted by atomic mass is 35.5. The smallest absolute Gasteiger partial charge is 0.238 e. The maximum atomic E-state index is 13.5. The number of benzene rings is 6. The summed E-state index contributed by atoms with van der Waals surface area (Å²) >= 11 is 24.7. The van der Waals surface area contributed by atoms with Crippen molar-refractivity contribution in [3.05, 3.63) is 187 Å². The first-order chi connectivity index (χ1) is 39.2. The van der Waals surface area contributed by atoms with Gasteiger partial charge in [0.25, 0.3) is 0 Å². The van der Waals surface area contributed by atoms with E-state index >= 15 is 0 Å². The van der Waals surface area contributed by atoms with Gasteiger partial charge in [0.15, 0.2) is 0 Å². The van der Waals surface area contributed by atoms with E-state index in [-0.39, 0.29) is 97.0 Å². The number of nitrogens with one attached hydrogen (secondary N) is 2. The van der Waals surface area contributed by atoms with Gasteiger partial charge in [-0.3, -0.25) is 38.8 Å². The summed E-state index contributed by atoms with van der Waals surface area (Å²) in [7, 11) is 0. The van der Waals surface area contributed by atoms with Crippen LogP contribution in [0.2, 0.25) is 20.1 Å². The molecule has 2 saturated heterocycles. The molecule has 2 aliphatic rings. The van der Waals surface area contributed by atoms with Gasteiger partial charge in [-0.2, -0.15) is 0 Å². The van der Waals surface area contributed by atoms with Crippen molar-refractivity contribution in [2.24, 2.45) is 11.5 Å². The lowest BCUT2D eigenvalue weighted by Crippen LogP contribution is -2.59. The molecule has 12 N–H and O–H groups in total. The summed E-state index contributed by atoms with van der Waals surface area (Å²) in [6, 6.07) is 30.4. The Balaban J connectivity index is 0.000000263. The van der Waals surface area contributed by atoms with E-state index in [0.29, 0.717) is 50.6 Å². The number of carbonyl (C=O) groups is 4. The number of halogens is 8. The number of hydrogen-bond donors (Lipinski definition) is 6. The topological polar surface area (TPSA) is 241 Å². The molecule has 6 aromatic rings. The maximum absolute atomic E-state index is 13.5. The molecule has 0 aliphatic carbocycles. The third kappa shape index (κ3) is 19.3. The molecule has 8 rings (SSSR count). The fourth-order valence-corrected chi connectivity index (χ4v) is 11.6. The van der Waals surface area contributed by atoms with Gasteiger partial charge in [0.2, 0.25) is 23.6 Å². The standard InChI is InChI=1S/2C30H33Cl2F2N5O2.H2O/c2*31-25-15-23(35)16-26(32)29(25)37-28(40)18-39-14-13-38(17-27(39)30(36)41)12-2-1-3-24(19-4-8-21(33)9-5-19)20-6-10-22(34)11-7-20;/h2*4-11,15-16,24,27H,1-3,12-14,17-18,35H2,(H2,36,41)(H,37,40);1H2. The lowest BCUT2D eigenvalue weighted by atomic mass is 9.87. The molecule has 6 aromatic carbocycles. The normalized spacial score (nSPS) is 16.0. The lowest BCUT2D eigenvalue weighted by Gasteiger charge is -2.39. The first kappa shape index (κ1) is 65.6. The number of amides is 4. The largest absolute Gasteiger partial charge is 0.412 e. The highest BCUT2D eigenvalue weighted by Gasteiger charge is 2.34. The quantitative estimate of drug-likeness (QED) is 0.0214. The van der Waals surface area contributed by atoms with Gasteiger partial charge in [-0.15, -0.1) is 0 Å². The van der Waals surface area contributed by atoms with Crippen molar-refractivity contribution in [1.82, 2.24) is 19.6 Å². The average molecular weight is 1230 g/mol. The molecular formula is C60H68Cl4F4N10O5. The molecule has 0 bridgehead atoms. The van der Waals surface area contributed by atoms with Crippen LogP contribution in [0.5, 0.6) is 0 Å². The number of nitrogen functional groups attached to an aromatic ring is 2. The Hall–Kier alpha value is -6.52. The van der Waals surface area contributed by atoms with Crippen LogP contribution in [0.25, 0.3) is 0 Å². The summed E-state index contributed by atoms with van der Waals surface area (Å²) in [5.41, 5.74) is 28.0. The van der Waals surface area contributed by atoms with Crippen LogP contribution in [0, 0.1) is 23.3 Å². The second-order valence-electron chi connectivity index (χ2n) is 20.5. The van der Waals surface area contributed by atoms with Crippen molar-refractivity contribution >= 4 is 92.8 Å². The minimum absolute atomic E-state index is 0. The molecule has 83 heavy (non-hydrogen) atoms. The molecule has 0 saturated carbocycles. The lowest BCUT2D eigenvalue weighted by molar-refractivity contribution is -0.129. The first-order valence-corrected chi connectivity index (χ1v) is 28.3. The fraction of sp³-hybridized carbons (Fsp3) is 0.333. The minimum atomic E-state index is -0.627. The van der Waals surface area contributed by atoms with E-state index < -0.39 is 23.9 Å². The van der Waals surface area contributed by atoms with Crippen LogP contribution in [0.4, 0.5) is 40.3 Å². The average Bonchev–Trinajstić information content (AvgIpc) is 3.45. The Morgan fingerprint density at radius 2 is 0.747 bits per heavy atom. The van der Waals surface area contributed by atoms with Gasteiger partial charge in [0.1, 0.15) is 35.4 Å². The van der Waals surface area contributed by atoms with Crippen LogP contribution in [0.15, 0.2) is 121 Å². The van der Waals surface area contributed by atoms with Crippen LogP contribution in [0.3, 0.4) is 0 Å². The van der Waals surface area contributed by atoms with E-state index in [9.17, 15) is 36.7 Å². The van der Waals surface area contributed by atoms with Crippen molar-refractivity contribution in [2.45, 2.75) is 62.4 Å². The molecule has 23 heteroatoms. The number of nitrogens with two attached hydrogens (primary N) is 4. The van der Waals surface area contributed by atoms with Crippen LogP contribution in [-0.2, 0) is 19.2 Å². The predicted octanol–water partition coefficient (Wildman–Crippen LogP) is 9.71. The highest BCUT2D eigenvalue weighted by molar-refractivity contribution is 6.41. The van der Waals surface area contributed by atoms with E-state index in [0.717, 1.165) is 73.9 Å². The molecule has 2 atom stereocenters. The Kier molecular flexibility index (Phi) is 24.8. The Labute approximate surface area is 500 Å². The Morgan fingerprint density at radius 3 is 1.01 bits per heavy atom. The molecule has 2 fully saturated rings. The Bertz CT molecular complexity index is 2790. The summed E-state index contributed by atoms with van der Waals surface area (Å²) in [5.74, 6) is -2.93. The van der Waals surface area contributed by atoms with Gasteiger partial charge in [-0.05, 0) is 134 Å². The van der Waals surface area contributed by atoms with Crippen molar-refractivity contribution in [3.8, 4) is 0 Å². The van der Waals surface area contributed by atoms with Crippen LogP contribution in [-0.4, -0.2) is 126 Å². The third-order valence-corrected chi connectivity index (χ3v) is 15.9. The van der Waals surface area contributed by atoms with Gasteiger partial charge in [-0.25, -0.2) is 17.6 Å². The number of piperazine rings is 2. The first-order valence-electron chi connectivity index (χ1n) is 26.8. The predicted molar refractivity (Wildman–Crippen MR) is 322 cm³/mol. The molecule has 444 valence electrons. The Morgan fingerprint density at radius 1 is 0.470 bits per heavy atom. The number of nitrogens with zero attached hydrogens (tertiary/aromatic N) is 4. The number of primary amides is 2. The number of hydrogen-bond acceptors (Lipinski definition) is 10. The number of unbranched alkanes of at least 4 members (excludes halogenated alkanes) is 2. The zero-order chi connectivity index (χ0) is 59.0. The van der Waals surface area contributed by atoms with Gasteiger partial charge < -0.3 is 39.0 Å². The van der Waals surface area contributed by atoms with E-state index in [1.807, 2.05) is 0 Å². The van der Waals surface area contributed by atoms with Gasteiger partial charge >= 0.3 is 0 Å². The molecule has 0 radical (unpaired) electrons. The highest BCUT2D eigenvalue weighted by Crippen LogP contribution is 2.36. The molecule has 0 spiro atoms. The summed E-state index contributed by atoms with van der Waals surface area (Å²) in [6.07, 6.45) is 5.05. The van der Waals surface area contributed by atoms with Crippen LogP contribution in [0.1, 0.15) is 72.6 Å². The van der Waals surface area contributed by atoms with Crippen molar-refractivity contribution in [3.63, 3.8) is 0 Å². The third-order valence-electron chi connectivity index (χ3n) is 14.7. The summed E-state index contributed by atoms with van der Waals surface area (Å²) < 4.78 is 54.1. The van der Waals surface area contributed by atoms with Crippen molar-refractivity contribution in [2.75, 3.05) is 87.5 Å². The fourth-order valence-electron chi connectivity index (χ4n) is 10.4. The molecule has 2 heterocycles. The molecule has 4 amide bonds. The maximum Gasteiger partial charge on any atom is 0.238 e. The minimum Gasteiger partial charge on any atom is -0.412 e. The van der Waals surface area contributed by atoms with Crippen LogP contribution < -0.4 is 33.6 Å². The summed E-state index contributed by atoms with van der Waals surface area (Å²) in [5, 5.41) is 6.30. The zero-order valence-electron chi connectivity index (χ0n) is 45.4. The second kappa shape index (κ2) is 31.4. The molecular weight excluding hydrogens is 1160 g/mol. The van der Waals surface area contributed by atoms with Gasteiger partial charge in [-0.1, -0.05) is 108 Å². The SMILES string of the molecule is NC(=O)C1CN(CCCCC(c2ccc(F)cc2)c2ccc(F)cc2)CCN1CC(=O)Nc1c(Cl)cc(N)cc1Cl.NC(=O)C1CN(CCCCC(c2ccc(F)cc2)c2ccc(F)cc2)CCN1CC(=O)Nc1c(Cl)cc(N)cc1Cl.O. The monoisotopic (exact) mass is 1220 g/mol. The van der Waals surface area contributed by atoms with E-state index in [1.54, 1.807) is 58.3 Å². The van der Waals surface area contributed by atoms with Gasteiger partial charge in [0, 0.05) is 62.5 Å². The van der Waals surface area contributed by atoms with Gasteiger partial charge in [0.05, 0.1) is 44.6 Å². The number of anilines is 4. The van der Waals surface area contributed by atoms with E-state index in [4.69, 9.17) is 69.3 Å². The molecule has 2 unspecified atom stereocenters. The second-order valence-corrected chi connectivity index (χ2v) is 22.1. The van der Waals surface area contributed by atoms with Crippen LogP contribution >= 0.6 is 46.4 Å². The zero-order valence-corrected chi connectivity index (χ0v) is 48.4.